The third kappa shape index (κ3) is 5.62. The van der Waals surface area contributed by atoms with Crippen LogP contribution in [-0.2, 0) is 20.7 Å². The standard InChI is InChI=1S/C47H65NO9/c1-26(2)27(3)40-41(57-40)46(55)13-7-9-29-20-33-34(22-36(51)35-23-37(52)38(53)24-43(33,35)4)47(56)15-11-39(46)45(29,47)14-10-28-18-31(21-32(50)19-28)48-17-16-44(42(48)54)12-6-5-8-30(44)25-49/h7,9,18-19,21-22,26-27,29-30,33,35,37-41,49-50,52-53,55-56H,5-6,8,10-17,20,23-25H2,1-4H3. The molecule has 4 saturated carbocycles. The average Bonchev–Trinajstić information content (AvgIpc) is 3.86. The number of anilines is 1. The molecular weight excluding hydrogens is 723 g/mol. The largest absolute Gasteiger partial charge is 0.508 e. The van der Waals surface area contributed by atoms with Crippen LogP contribution in [0.3, 0.4) is 0 Å². The Labute approximate surface area is 337 Å². The van der Waals surface area contributed by atoms with Crippen molar-refractivity contribution in [2.45, 2.75) is 147 Å². The number of hydrogen-bond acceptors (Lipinski definition) is 9. The molecule has 15 atom stereocenters. The highest BCUT2D eigenvalue weighted by Crippen LogP contribution is 2.73. The minimum Gasteiger partial charge on any atom is -0.508 e. The van der Waals surface area contributed by atoms with Crippen molar-refractivity contribution in [3.8, 4) is 5.75 Å². The minimum atomic E-state index is -1.44. The molecule has 1 spiro atoms. The highest BCUT2D eigenvalue weighted by Gasteiger charge is 2.76. The van der Waals surface area contributed by atoms with Crippen molar-refractivity contribution < 1.29 is 45.0 Å². The molecule has 15 unspecified atom stereocenters. The highest BCUT2D eigenvalue weighted by molar-refractivity contribution is 6.00. The lowest BCUT2D eigenvalue weighted by atomic mass is 9.42. The minimum absolute atomic E-state index is 0.00670. The van der Waals surface area contributed by atoms with Crippen LogP contribution in [0.4, 0.5) is 5.69 Å². The quantitative estimate of drug-likeness (QED) is 0.149. The van der Waals surface area contributed by atoms with Crippen LogP contribution < -0.4 is 4.90 Å². The molecule has 6 fully saturated rings. The summed E-state index contributed by atoms with van der Waals surface area (Å²) in [5.74, 6) is -0.672. The summed E-state index contributed by atoms with van der Waals surface area (Å²) < 4.78 is 6.43. The van der Waals surface area contributed by atoms with E-state index in [1.54, 1.807) is 23.1 Å². The number of phenolic OH excluding ortho intramolecular Hbond substituents is 1. The number of amides is 1. The van der Waals surface area contributed by atoms with Gasteiger partial charge in [-0.1, -0.05) is 52.7 Å². The van der Waals surface area contributed by atoms with Gasteiger partial charge in [0.2, 0.25) is 5.91 Å². The fraction of sp³-hybridized carbons (Fsp3) is 0.745. The van der Waals surface area contributed by atoms with Gasteiger partial charge in [0.25, 0.3) is 0 Å². The molecule has 6 N–H and O–H groups in total. The number of phenols is 1. The molecule has 1 aromatic rings. The highest BCUT2D eigenvalue weighted by atomic mass is 16.6. The summed E-state index contributed by atoms with van der Waals surface area (Å²) >= 11 is 0. The molecule has 1 aromatic carbocycles. The first-order valence-corrected chi connectivity index (χ1v) is 22.2. The Bertz CT molecular complexity index is 1860. The molecule has 312 valence electrons. The van der Waals surface area contributed by atoms with Crippen LogP contribution in [0.1, 0.15) is 110 Å². The van der Waals surface area contributed by atoms with E-state index < -0.39 is 45.6 Å². The van der Waals surface area contributed by atoms with Gasteiger partial charge in [-0.15, -0.1) is 0 Å². The Hall–Kier alpha value is -2.60. The Kier molecular flexibility index (Phi) is 9.59. The molecule has 0 bridgehead atoms. The number of hydrogen-bond donors (Lipinski definition) is 6. The van der Waals surface area contributed by atoms with Crippen LogP contribution in [0.25, 0.3) is 0 Å². The van der Waals surface area contributed by atoms with Gasteiger partial charge in [-0.05, 0) is 135 Å². The number of allylic oxidation sites excluding steroid dienone is 2. The lowest BCUT2D eigenvalue weighted by Crippen LogP contribution is -2.66. The van der Waals surface area contributed by atoms with Crippen LogP contribution in [0.2, 0.25) is 0 Å². The summed E-state index contributed by atoms with van der Waals surface area (Å²) in [4.78, 5) is 30.1. The van der Waals surface area contributed by atoms with Gasteiger partial charge in [-0.3, -0.25) is 9.59 Å². The number of aryl methyl sites for hydroxylation is 1. The van der Waals surface area contributed by atoms with Gasteiger partial charge in [0.15, 0.2) is 5.78 Å². The first-order valence-electron chi connectivity index (χ1n) is 22.2. The molecule has 9 rings (SSSR count). The summed E-state index contributed by atoms with van der Waals surface area (Å²) in [5, 5.41) is 70.0. The SMILES string of the molecule is CC(C)C(C)C1OC1C1(O)CC=CC2CC3C(=CC(=O)C4CC(O)C(O)CC43C)C3(O)CCC1C23CCc1cc(O)cc(N2CCC3(CCCCC3CO)C2=O)c1. The van der Waals surface area contributed by atoms with Crippen LogP contribution in [0.5, 0.6) is 5.75 Å². The van der Waals surface area contributed by atoms with E-state index in [1.807, 2.05) is 6.07 Å². The zero-order valence-corrected chi connectivity index (χ0v) is 34.3. The second-order valence-electron chi connectivity index (χ2n) is 20.6. The maximum absolute atomic E-state index is 14.2. The van der Waals surface area contributed by atoms with Gasteiger partial charge in [0.05, 0.1) is 29.3 Å². The second kappa shape index (κ2) is 13.7. The molecule has 10 heteroatoms. The second-order valence-corrected chi connectivity index (χ2v) is 20.6. The number of aliphatic hydroxyl groups is 5. The molecule has 2 saturated heterocycles. The molecule has 57 heavy (non-hydrogen) atoms. The number of epoxide rings is 1. The van der Waals surface area contributed by atoms with Gasteiger partial charge in [-0.2, -0.15) is 0 Å². The lowest BCUT2D eigenvalue weighted by molar-refractivity contribution is -0.182. The van der Waals surface area contributed by atoms with E-state index >= 15 is 0 Å². The molecule has 0 aromatic heterocycles. The van der Waals surface area contributed by atoms with E-state index in [-0.39, 0.29) is 78.7 Å². The molecular formula is C47H65NO9. The predicted octanol–water partition coefficient (Wildman–Crippen LogP) is 5.39. The number of ketones is 1. The predicted molar refractivity (Wildman–Crippen MR) is 214 cm³/mol. The van der Waals surface area contributed by atoms with Gasteiger partial charge < -0.3 is 40.3 Å². The molecule has 1 amide bonds. The van der Waals surface area contributed by atoms with E-state index in [4.69, 9.17) is 4.74 Å². The zero-order chi connectivity index (χ0) is 40.4. The van der Waals surface area contributed by atoms with E-state index in [0.29, 0.717) is 68.7 Å². The van der Waals surface area contributed by atoms with Crippen LogP contribution in [0.15, 0.2) is 42.0 Å². The monoisotopic (exact) mass is 787 g/mol. The van der Waals surface area contributed by atoms with Crippen molar-refractivity contribution in [3.05, 3.63) is 47.6 Å². The Morgan fingerprint density at radius 2 is 1.75 bits per heavy atom. The Morgan fingerprint density at radius 1 is 0.965 bits per heavy atom. The molecule has 6 aliphatic carbocycles. The average molecular weight is 788 g/mol. The van der Waals surface area contributed by atoms with Gasteiger partial charge in [-0.25, -0.2) is 0 Å². The fourth-order valence-corrected chi connectivity index (χ4v) is 14.5. The maximum atomic E-state index is 14.2. The van der Waals surface area contributed by atoms with Crippen molar-refractivity contribution in [1.82, 2.24) is 0 Å². The number of carbonyl (C=O) groups is 2. The molecule has 2 heterocycles. The van der Waals surface area contributed by atoms with Gasteiger partial charge in [0, 0.05) is 42.2 Å². The van der Waals surface area contributed by atoms with Gasteiger partial charge in [0.1, 0.15) is 17.5 Å². The van der Waals surface area contributed by atoms with E-state index in [9.17, 15) is 40.2 Å². The van der Waals surface area contributed by atoms with Crippen LogP contribution >= 0.6 is 0 Å². The first kappa shape index (κ1) is 39.8. The van der Waals surface area contributed by atoms with Crippen molar-refractivity contribution in [2.75, 3.05) is 18.1 Å². The molecule has 0 radical (unpaired) electrons. The zero-order valence-electron chi connectivity index (χ0n) is 34.3. The number of aromatic hydroxyl groups is 1. The first-order chi connectivity index (χ1) is 27.0. The van der Waals surface area contributed by atoms with E-state index in [0.717, 1.165) is 31.2 Å². The lowest BCUT2D eigenvalue weighted by Gasteiger charge is -2.63. The van der Waals surface area contributed by atoms with E-state index in [2.05, 4.69) is 39.8 Å². The Morgan fingerprint density at radius 3 is 2.51 bits per heavy atom. The summed E-state index contributed by atoms with van der Waals surface area (Å²) in [6.07, 6.45) is 11.2. The van der Waals surface area contributed by atoms with Crippen molar-refractivity contribution in [1.29, 1.82) is 0 Å². The third-order valence-corrected chi connectivity index (χ3v) is 18.0. The smallest absolute Gasteiger partial charge is 0.233 e. The third-order valence-electron chi connectivity index (χ3n) is 18.0. The van der Waals surface area contributed by atoms with Gasteiger partial charge >= 0.3 is 0 Å². The normalized spacial score (nSPS) is 46.7. The number of benzene rings is 1. The number of nitrogens with zero attached hydrogens (tertiary/aromatic N) is 1. The van der Waals surface area contributed by atoms with E-state index in [1.165, 1.54) is 0 Å². The summed E-state index contributed by atoms with van der Waals surface area (Å²) in [5.41, 5.74) is -2.63. The van der Waals surface area contributed by atoms with Crippen LogP contribution in [0, 0.1) is 57.7 Å². The summed E-state index contributed by atoms with van der Waals surface area (Å²) in [6, 6.07) is 5.38. The Balaban J connectivity index is 1.11. The van der Waals surface area contributed by atoms with Crippen molar-refractivity contribution >= 4 is 17.4 Å². The van der Waals surface area contributed by atoms with Crippen LogP contribution in [-0.4, -0.2) is 91.1 Å². The summed E-state index contributed by atoms with van der Waals surface area (Å²) in [7, 11) is 0. The number of carbonyl (C=O) groups excluding carboxylic acids is 2. The topological polar surface area (TPSA) is 171 Å². The molecule has 8 aliphatic rings. The number of fused-ring (bicyclic) bond motifs is 4. The number of aliphatic hydroxyl groups excluding tert-OH is 3. The maximum Gasteiger partial charge on any atom is 0.233 e. The number of rotatable bonds is 8. The molecule has 2 aliphatic heterocycles. The van der Waals surface area contributed by atoms with Crippen molar-refractivity contribution in [2.24, 2.45) is 57.7 Å². The number of ether oxygens (including phenoxy) is 1. The molecule has 10 nitrogen and oxygen atoms in total. The summed E-state index contributed by atoms with van der Waals surface area (Å²) in [6.45, 7) is 9.11. The fourth-order valence-electron chi connectivity index (χ4n) is 14.5. The van der Waals surface area contributed by atoms with Crippen molar-refractivity contribution in [3.63, 3.8) is 0 Å².